The summed E-state index contributed by atoms with van der Waals surface area (Å²) in [5.74, 6) is -0.133. The van der Waals surface area contributed by atoms with Gasteiger partial charge in [-0.2, -0.15) is 0 Å². The zero-order chi connectivity index (χ0) is 17.9. The van der Waals surface area contributed by atoms with E-state index in [9.17, 15) is 9.59 Å². The van der Waals surface area contributed by atoms with E-state index in [1.165, 1.54) is 0 Å². The van der Waals surface area contributed by atoms with Crippen molar-refractivity contribution >= 4 is 23.2 Å². The maximum Gasteiger partial charge on any atom is 0.258 e. The van der Waals surface area contributed by atoms with Gasteiger partial charge in [0.2, 0.25) is 0 Å². The zero-order valence-corrected chi connectivity index (χ0v) is 14.2. The van der Waals surface area contributed by atoms with Gasteiger partial charge in [0, 0.05) is 29.0 Å². The van der Waals surface area contributed by atoms with E-state index in [1.54, 1.807) is 17.0 Å². The van der Waals surface area contributed by atoms with E-state index in [2.05, 4.69) is 5.32 Å². The summed E-state index contributed by atoms with van der Waals surface area (Å²) >= 11 is 0. The molecule has 2 amide bonds. The van der Waals surface area contributed by atoms with Gasteiger partial charge in [-0.25, -0.2) is 0 Å². The molecular weight excluding hydrogens is 324 g/mol. The summed E-state index contributed by atoms with van der Waals surface area (Å²) in [6.45, 7) is 0.652. The van der Waals surface area contributed by atoms with Crippen LogP contribution in [-0.4, -0.2) is 18.4 Å². The van der Waals surface area contributed by atoms with Gasteiger partial charge >= 0.3 is 0 Å². The standard InChI is InChI=1S/C22H18N2O2/c25-21(16-7-3-1-4-8-16)23-19-11-12-20-18(15-19)13-14-24(20)22(26)17-9-5-2-6-10-17/h1-12,15H,13-14H2,(H,23,25). The molecule has 0 atom stereocenters. The fraction of sp³-hybridized carbons (Fsp3) is 0.0909. The molecule has 1 heterocycles. The van der Waals surface area contributed by atoms with Gasteiger partial charge in [-0.1, -0.05) is 36.4 Å². The maximum absolute atomic E-state index is 12.7. The highest BCUT2D eigenvalue weighted by atomic mass is 16.2. The Balaban J connectivity index is 1.53. The number of hydrogen-bond acceptors (Lipinski definition) is 2. The number of hydrogen-bond donors (Lipinski definition) is 1. The lowest BCUT2D eigenvalue weighted by Gasteiger charge is -2.17. The number of carbonyl (C=O) groups excluding carboxylic acids is 2. The minimum Gasteiger partial charge on any atom is -0.322 e. The van der Waals surface area contributed by atoms with Gasteiger partial charge in [-0.3, -0.25) is 9.59 Å². The number of nitrogens with zero attached hydrogens (tertiary/aromatic N) is 1. The molecule has 26 heavy (non-hydrogen) atoms. The number of anilines is 2. The minimum atomic E-state index is -0.138. The topological polar surface area (TPSA) is 49.4 Å². The molecule has 0 bridgehead atoms. The van der Waals surface area contributed by atoms with Crippen molar-refractivity contribution in [2.45, 2.75) is 6.42 Å². The predicted octanol–water partition coefficient (Wildman–Crippen LogP) is 4.14. The maximum atomic E-state index is 12.7. The highest BCUT2D eigenvalue weighted by Crippen LogP contribution is 2.31. The van der Waals surface area contributed by atoms with Crippen LogP contribution in [0.1, 0.15) is 26.3 Å². The van der Waals surface area contributed by atoms with Crippen molar-refractivity contribution < 1.29 is 9.59 Å². The summed E-state index contributed by atoms with van der Waals surface area (Å²) in [5.41, 5.74) is 4.03. The van der Waals surface area contributed by atoms with Crippen molar-refractivity contribution in [1.29, 1.82) is 0 Å². The summed E-state index contributed by atoms with van der Waals surface area (Å²) in [6, 6.07) is 24.1. The normalized spacial score (nSPS) is 12.5. The Hall–Kier alpha value is -3.40. The molecular formula is C22H18N2O2. The molecule has 0 saturated heterocycles. The van der Waals surface area contributed by atoms with Gasteiger partial charge in [0.1, 0.15) is 0 Å². The molecule has 4 nitrogen and oxygen atoms in total. The molecule has 0 radical (unpaired) electrons. The van der Waals surface area contributed by atoms with Crippen LogP contribution in [0.2, 0.25) is 0 Å². The highest BCUT2D eigenvalue weighted by Gasteiger charge is 2.25. The van der Waals surface area contributed by atoms with Gasteiger partial charge < -0.3 is 10.2 Å². The van der Waals surface area contributed by atoms with Crippen molar-refractivity contribution in [2.24, 2.45) is 0 Å². The van der Waals surface area contributed by atoms with E-state index >= 15 is 0 Å². The minimum absolute atomic E-state index is 0.00502. The van der Waals surface area contributed by atoms with Crippen LogP contribution >= 0.6 is 0 Å². The molecule has 0 aliphatic carbocycles. The van der Waals surface area contributed by atoms with E-state index in [0.717, 1.165) is 23.4 Å². The molecule has 0 spiro atoms. The number of benzene rings is 3. The molecule has 128 valence electrons. The van der Waals surface area contributed by atoms with Crippen molar-refractivity contribution in [2.75, 3.05) is 16.8 Å². The molecule has 4 rings (SSSR count). The molecule has 1 aliphatic rings. The number of carbonyl (C=O) groups is 2. The Bertz CT molecular complexity index is 952. The predicted molar refractivity (Wildman–Crippen MR) is 103 cm³/mol. The number of nitrogens with one attached hydrogen (secondary N) is 1. The van der Waals surface area contributed by atoms with Crippen LogP contribution < -0.4 is 10.2 Å². The molecule has 1 N–H and O–H groups in total. The third kappa shape index (κ3) is 3.09. The van der Waals surface area contributed by atoms with Crippen molar-refractivity contribution in [1.82, 2.24) is 0 Å². The van der Waals surface area contributed by atoms with Crippen LogP contribution in [-0.2, 0) is 6.42 Å². The first kappa shape index (κ1) is 16.1. The fourth-order valence-electron chi connectivity index (χ4n) is 3.22. The SMILES string of the molecule is O=C(Nc1ccc2c(c1)CCN2C(=O)c1ccccc1)c1ccccc1. The Morgan fingerprint density at radius 1 is 0.808 bits per heavy atom. The average Bonchev–Trinajstić information content (AvgIpc) is 3.12. The van der Waals surface area contributed by atoms with Gasteiger partial charge in [0.05, 0.1) is 0 Å². The quantitative estimate of drug-likeness (QED) is 0.778. The van der Waals surface area contributed by atoms with Crippen molar-refractivity contribution in [3.05, 3.63) is 95.6 Å². The summed E-state index contributed by atoms with van der Waals surface area (Å²) < 4.78 is 0. The lowest BCUT2D eigenvalue weighted by atomic mass is 10.1. The largest absolute Gasteiger partial charge is 0.322 e. The first-order valence-corrected chi connectivity index (χ1v) is 8.58. The third-order valence-electron chi connectivity index (χ3n) is 4.53. The molecule has 0 saturated carbocycles. The Morgan fingerprint density at radius 2 is 1.46 bits per heavy atom. The highest BCUT2D eigenvalue weighted by molar-refractivity contribution is 6.08. The summed E-state index contributed by atoms with van der Waals surface area (Å²) in [5, 5.41) is 2.92. The molecule has 0 aromatic heterocycles. The average molecular weight is 342 g/mol. The molecule has 1 aliphatic heterocycles. The summed E-state index contributed by atoms with van der Waals surface area (Å²) in [4.78, 5) is 26.8. The van der Waals surface area contributed by atoms with E-state index in [-0.39, 0.29) is 11.8 Å². The fourth-order valence-corrected chi connectivity index (χ4v) is 3.22. The van der Waals surface area contributed by atoms with Gasteiger partial charge in [-0.05, 0) is 54.4 Å². The van der Waals surface area contributed by atoms with Crippen LogP contribution in [0.5, 0.6) is 0 Å². The zero-order valence-electron chi connectivity index (χ0n) is 14.2. The Morgan fingerprint density at radius 3 is 2.15 bits per heavy atom. The summed E-state index contributed by atoms with van der Waals surface area (Å²) in [7, 11) is 0. The molecule has 3 aromatic rings. The lowest BCUT2D eigenvalue weighted by molar-refractivity contribution is 0.0987. The first-order chi connectivity index (χ1) is 12.7. The first-order valence-electron chi connectivity index (χ1n) is 8.58. The number of fused-ring (bicyclic) bond motifs is 1. The van der Waals surface area contributed by atoms with E-state index in [0.29, 0.717) is 17.7 Å². The van der Waals surface area contributed by atoms with Crippen LogP contribution in [0.3, 0.4) is 0 Å². The van der Waals surface area contributed by atoms with Crippen molar-refractivity contribution in [3.8, 4) is 0 Å². The smallest absolute Gasteiger partial charge is 0.258 e. The van der Waals surface area contributed by atoms with E-state index in [1.807, 2.05) is 66.7 Å². The molecule has 0 unspecified atom stereocenters. The molecule has 0 fully saturated rings. The van der Waals surface area contributed by atoms with Crippen molar-refractivity contribution in [3.63, 3.8) is 0 Å². The van der Waals surface area contributed by atoms with Gasteiger partial charge in [0.15, 0.2) is 0 Å². The summed E-state index contributed by atoms with van der Waals surface area (Å²) in [6.07, 6.45) is 0.781. The Kier molecular flexibility index (Phi) is 4.23. The van der Waals surface area contributed by atoms with Crippen LogP contribution in [0.15, 0.2) is 78.9 Å². The second-order valence-electron chi connectivity index (χ2n) is 6.24. The van der Waals surface area contributed by atoms with Crippen LogP contribution in [0.25, 0.3) is 0 Å². The van der Waals surface area contributed by atoms with Gasteiger partial charge in [-0.15, -0.1) is 0 Å². The second-order valence-corrected chi connectivity index (χ2v) is 6.24. The lowest BCUT2D eigenvalue weighted by Crippen LogP contribution is -2.28. The number of rotatable bonds is 3. The van der Waals surface area contributed by atoms with Crippen LogP contribution in [0.4, 0.5) is 11.4 Å². The monoisotopic (exact) mass is 342 g/mol. The Labute approximate surface area is 152 Å². The van der Waals surface area contributed by atoms with Gasteiger partial charge in [0.25, 0.3) is 11.8 Å². The molecule has 3 aromatic carbocycles. The third-order valence-corrected chi connectivity index (χ3v) is 4.53. The van der Waals surface area contributed by atoms with Crippen LogP contribution in [0, 0.1) is 0 Å². The van der Waals surface area contributed by atoms with E-state index < -0.39 is 0 Å². The second kappa shape index (κ2) is 6.84. The van der Waals surface area contributed by atoms with E-state index in [4.69, 9.17) is 0 Å². The molecule has 4 heteroatoms. The number of amides is 2.